The summed E-state index contributed by atoms with van der Waals surface area (Å²) >= 11 is 5.92. The average molecular weight is 241 g/mol. The number of rotatable bonds is 3. The van der Waals surface area contributed by atoms with Crippen LogP contribution in [0.2, 0.25) is 5.15 Å². The molecule has 1 aliphatic heterocycles. The van der Waals surface area contributed by atoms with Gasteiger partial charge in [-0.1, -0.05) is 11.6 Å². The molecule has 0 amide bonds. The van der Waals surface area contributed by atoms with Crippen molar-refractivity contribution in [2.75, 3.05) is 25.0 Å². The number of nitrogens with zero attached hydrogens (tertiary/aromatic N) is 3. The fourth-order valence-electron chi connectivity index (χ4n) is 2.01. The molecule has 1 aromatic rings. The Hall–Kier alpha value is -0.870. The highest BCUT2D eigenvalue weighted by atomic mass is 35.5. The van der Waals surface area contributed by atoms with E-state index in [0.29, 0.717) is 17.1 Å². The molecule has 2 heterocycles. The maximum absolute atomic E-state index is 5.92. The van der Waals surface area contributed by atoms with E-state index < -0.39 is 0 Å². The van der Waals surface area contributed by atoms with Crippen molar-refractivity contribution in [3.63, 3.8) is 0 Å². The van der Waals surface area contributed by atoms with Gasteiger partial charge in [0, 0.05) is 25.3 Å². The normalized spacial score (nSPS) is 20.1. The standard InChI is InChI=1S/C11H17ClN4/c1-8-6-10(12)15-11(14-8)16(2)7-9-4-3-5-13-9/h6,9,13H,3-5,7H2,1-2H3/t9-/m0/s1. The van der Waals surface area contributed by atoms with E-state index >= 15 is 0 Å². The number of anilines is 1. The van der Waals surface area contributed by atoms with Crippen LogP contribution >= 0.6 is 11.6 Å². The Kier molecular flexibility index (Phi) is 3.61. The number of nitrogens with one attached hydrogen (secondary N) is 1. The minimum atomic E-state index is 0.508. The molecule has 1 aliphatic rings. The van der Waals surface area contributed by atoms with Gasteiger partial charge in [0.25, 0.3) is 0 Å². The summed E-state index contributed by atoms with van der Waals surface area (Å²) in [6, 6.07) is 2.32. The maximum Gasteiger partial charge on any atom is 0.226 e. The van der Waals surface area contributed by atoms with Crippen LogP contribution in [0.1, 0.15) is 18.5 Å². The van der Waals surface area contributed by atoms with Gasteiger partial charge in [0.1, 0.15) is 5.15 Å². The molecule has 0 bridgehead atoms. The second-order valence-electron chi connectivity index (χ2n) is 4.31. The fourth-order valence-corrected chi connectivity index (χ4v) is 2.24. The molecule has 0 radical (unpaired) electrons. The van der Waals surface area contributed by atoms with Crippen molar-refractivity contribution in [2.45, 2.75) is 25.8 Å². The summed E-state index contributed by atoms with van der Waals surface area (Å²) in [5.74, 6) is 0.707. The van der Waals surface area contributed by atoms with E-state index in [9.17, 15) is 0 Å². The lowest BCUT2D eigenvalue weighted by atomic mass is 10.2. The van der Waals surface area contributed by atoms with Crippen LogP contribution in [-0.2, 0) is 0 Å². The van der Waals surface area contributed by atoms with E-state index in [0.717, 1.165) is 18.8 Å². The van der Waals surface area contributed by atoms with Crippen molar-refractivity contribution in [2.24, 2.45) is 0 Å². The Morgan fingerprint density at radius 1 is 1.56 bits per heavy atom. The Balaban J connectivity index is 2.04. The average Bonchev–Trinajstić information content (AvgIpc) is 2.68. The van der Waals surface area contributed by atoms with Crippen LogP contribution in [0.5, 0.6) is 0 Å². The summed E-state index contributed by atoms with van der Waals surface area (Å²) in [5, 5.41) is 3.96. The van der Waals surface area contributed by atoms with Gasteiger partial charge in [-0.3, -0.25) is 0 Å². The van der Waals surface area contributed by atoms with Gasteiger partial charge in [0.2, 0.25) is 5.95 Å². The van der Waals surface area contributed by atoms with E-state index in [1.807, 2.05) is 14.0 Å². The summed E-state index contributed by atoms with van der Waals surface area (Å²) in [4.78, 5) is 10.7. The van der Waals surface area contributed by atoms with E-state index in [1.165, 1.54) is 12.8 Å². The summed E-state index contributed by atoms with van der Waals surface area (Å²) in [5.41, 5.74) is 0.904. The zero-order valence-electron chi connectivity index (χ0n) is 9.70. The van der Waals surface area contributed by atoms with Gasteiger partial charge in [-0.25, -0.2) is 9.97 Å². The highest BCUT2D eigenvalue weighted by molar-refractivity contribution is 6.29. The Bertz CT molecular complexity index is 343. The van der Waals surface area contributed by atoms with E-state index in [4.69, 9.17) is 11.6 Å². The van der Waals surface area contributed by atoms with Gasteiger partial charge < -0.3 is 10.2 Å². The number of hydrogen-bond acceptors (Lipinski definition) is 4. The maximum atomic E-state index is 5.92. The number of halogens is 1. The SMILES string of the molecule is Cc1cc(Cl)nc(N(C)C[C@@H]2CCCN2)n1. The van der Waals surface area contributed by atoms with Crippen molar-refractivity contribution in [3.8, 4) is 0 Å². The molecule has 0 aliphatic carbocycles. The van der Waals surface area contributed by atoms with Crippen LogP contribution in [0.15, 0.2) is 6.07 Å². The van der Waals surface area contributed by atoms with Gasteiger partial charge in [0.05, 0.1) is 0 Å². The molecule has 0 aromatic carbocycles. The lowest BCUT2D eigenvalue weighted by Gasteiger charge is -2.21. The number of aryl methyl sites for hydroxylation is 1. The molecule has 88 valence electrons. The molecule has 4 nitrogen and oxygen atoms in total. The first-order chi connectivity index (χ1) is 7.65. The number of likely N-dealkylation sites (N-methyl/N-ethyl adjacent to an activating group) is 1. The summed E-state index contributed by atoms with van der Waals surface area (Å²) < 4.78 is 0. The van der Waals surface area contributed by atoms with Crippen molar-refractivity contribution < 1.29 is 0 Å². The topological polar surface area (TPSA) is 41.1 Å². The predicted octanol–water partition coefficient (Wildman–Crippen LogP) is 1.63. The third kappa shape index (κ3) is 2.83. The quantitative estimate of drug-likeness (QED) is 0.816. The third-order valence-electron chi connectivity index (χ3n) is 2.81. The molecule has 16 heavy (non-hydrogen) atoms. The third-order valence-corrected chi connectivity index (χ3v) is 3.00. The van der Waals surface area contributed by atoms with Gasteiger partial charge in [0.15, 0.2) is 0 Å². The van der Waals surface area contributed by atoms with Crippen LogP contribution in [0.4, 0.5) is 5.95 Å². The second-order valence-corrected chi connectivity index (χ2v) is 4.69. The first-order valence-electron chi connectivity index (χ1n) is 5.61. The molecular formula is C11H17ClN4. The van der Waals surface area contributed by atoms with Gasteiger partial charge in [-0.05, 0) is 32.4 Å². The second kappa shape index (κ2) is 4.97. The molecule has 0 spiro atoms. The lowest BCUT2D eigenvalue weighted by molar-refractivity contribution is 0.594. The predicted molar refractivity (Wildman–Crippen MR) is 66.1 cm³/mol. The number of aromatic nitrogens is 2. The van der Waals surface area contributed by atoms with Crippen molar-refractivity contribution in [1.29, 1.82) is 0 Å². The van der Waals surface area contributed by atoms with Gasteiger partial charge >= 0.3 is 0 Å². The van der Waals surface area contributed by atoms with E-state index in [2.05, 4.69) is 20.2 Å². The summed E-state index contributed by atoms with van der Waals surface area (Å²) in [6.45, 7) is 3.98. The molecule has 1 fully saturated rings. The first-order valence-corrected chi connectivity index (χ1v) is 5.98. The van der Waals surface area contributed by atoms with Crippen LogP contribution in [0.3, 0.4) is 0 Å². The Morgan fingerprint density at radius 3 is 3.00 bits per heavy atom. The molecule has 1 saturated heterocycles. The van der Waals surface area contributed by atoms with Crippen molar-refractivity contribution in [1.82, 2.24) is 15.3 Å². The highest BCUT2D eigenvalue weighted by Gasteiger charge is 2.17. The monoisotopic (exact) mass is 240 g/mol. The van der Waals surface area contributed by atoms with Crippen LogP contribution < -0.4 is 10.2 Å². The molecule has 1 N–H and O–H groups in total. The van der Waals surface area contributed by atoms with Crippen molar-refractivity contribution >= 4 is 17.5 Å². The minimum absolute atomic E-state index is 0.508. The largest absolute Gasteiger partial charge is 0.342 e. The van der Waals surface area contributed by atoms with Gasteiger partial charge in [-0.15, -0.1) is 0 Å². The molecule has 1 atom stereocenters. The zero-order valence-corrected chi connectivity index (χ0v) is 10.5. The first kappa shape index (κ1) is 11.6. The smallest absolute Gasteiger partial charge is 0.226 e. The molecule has 2 rings (SSSR count). The molecule has 0 saturated carbocycles. The molecule has 5 heteroatoms. The van der Waals surface area contributed by atoms with E-state index in [-0.39, 0.29) is 0 Å². The highest BCUT2D eigenvalue weighted by Crippen LogP contribution is 2.14. The number of hydrogen-bond donors (Lipinski definition) is 1. The van der Waals surface area contributed by atoms with Crippen LogP contribution in [-0.4, -0.2) is 36.1 Å². The van der Waals surface area contributed by atoms with E-state index in [1.54, 1.807) is 6.07 Å². The van der Waals surface area contributed by atoms with Crippen LogP contribution in [0.25, 0.3) is 0 Å². The Morgan fingerprint density at radius 2 is 2.38 bits per heavy atom. The van der Waals surface area contributed by atoms with Gasteiger partial charge in [-0.2, -0.15) is 0 Å². The Labute approximate surface area is 101 Å². The summed E-state index contributed by atoms with van der Waals surface area (Å²) in [7, 11) is 2.01. The zero-order chi connectivity index (χ0) is 11.5. The van der Waals surface area contributed by atoms with Crippen molar-refractivity contribution in [3.05, 3.63) is 16.9 Å². The molecule has 0 unspecified atom stereocenters. The molecule has 1 aromatic heterocycles. The lowest BCUT2D eigenvalue weighted by Crippen LogP contribution is -2.36. The molecular weight excluding hydrogens is 224 g/mol. The minimum Gasteiger partial charge on any atom is -0.342 e. The summed E-state index contributed by atoms with van der Waals surface area (Å²) in [6.07, 6.45) is 2.48. The van der Waals surface area contributed by atoms with Crippen LogP contribution in [0, 0.1) is 6.92 Å². The fraction of sp³-hybridized carbons (Fsp3) is 0.636.